The molecule has 1 aromatic carbocycles. The van der Waals surface area contributed by atoms with Crippen molar-refractivity contribution < 1.29 is 13.5 Å². The summed E-state index contributed by atoms with van der Waals surface area (Å²) in [6.07, 6.45) is 0. The first-order chi connectivity index (χ1) is 8.04. The van der Waals surface area contributed by atoms with Crippen LogP contribution < -0.4 is 10.1 Å². The van der Waals surface area contributed by atoms with Crippen molar-refractivity contribution in [3.63, 3.8) is 0 Å². The Kier molecular flexibility index (Phi) is 4.85. The maximum atomic E-state index is 13.3. The Bertz CT molecular complexity index is 404. The van der Waals surface area contributed by atoms with Gasteiger partial charge >= 0.3 is 0 Å². The van der Waals surface area contributed by atoms with Gasteiger partial charge in [-0.3, -0.25) is 0 Å². The molecule has 0 fully saturated rings. The molecule has 0 aliphatic rings. The van der Waals surface area contributed by atoms with Crippen LogP contribution in [0, 0.1) is 23.0 Å². The van der Waals surface area contributed by atoms with Gasteiger partial charge in [0.25, 0.3) is 0 Å². The molecule has 0 aliphatic heterocycles. The smallest absolute Gasteiger partial charge is 0.190 e. The third-order valence-corrected chi connectivity index (χ3v) is 2.03. The summed E-state index contributed by atoms with van der Waals surface area (Å²) in [6.45, 7) is 4.58. The van der Waals surface area contributed by atoms with E-state index in [0.29, 0.717) is 6.54 Å². The molecule has 0 saturated carbocycles. The summed E-state index contributed by atoms with van der Waals surface area (Å²) in [4.78, 5) is 0. The van der Waals surface area contributed by atoms with E-state index in [1.54, 1.807) is 6.07 Å². The van der Waals surface area contributed by atoms with Gasteiger partial charge in [-0.1, -0.05) is 13.8 Å². The maximum absolute atomic E-state index is 13.3. The zero-order valence-corrected chi connectivity index (χ0v) is 9.76. The number of rotatable bonds is 5. The average molecular weight is 240 g/mol. The Hall–Kier alpha value is -1.67. The lowest BCUT2D eigenvalue weighted by molar-refractivity contribution is 0.279. The van der Waals surface area contributed by atoms with E-state index in [0.717, 1.165) is 12.1 Å². The van der Waals surface area contributed by atoms with Gasteiger partial charge in [0.05, 0.1) is 11.6 Å². The number of nitrogens with one attached hydrogen (secondary N) is 1. The lowest BCUT2D eigenvalue weighted by Gasteiger charge is -2.11. The van der Waals surface area contributed by atoms with Crippen LogP contribution in [0.15, 0.2) is 12.1 Å². The van der Waals surface area contributed by atoms with Crippen LogP contribution in [0.25, 0.3) is 0 Å². The normalized spacial score (nSPS) is 10.4. The van der Waals surface area contributed by atoms with E-state index in [2.05, 4.69) is 5.32 Å². The standard InChI is InChI=1S/C12H14F2N2O/c1-8(2)16-3-4-17-12-10(13)5-9(7-15)6-11(12)14/h5-6,8,16H,3-4H2,1-2H3. The fourth-order valence-corrected chi connectivity index (χ4v) is 1.26. The molecule has 3 nitrogen and oxygen atoms in total. The van der Waals surface area contributed by atoms with Crippen LogP contribution >= 0.6 is 0 Å². The third-order valence-electron chi connectivity index (χ3n) is 2.03. The number of ether oxygens (including phenoxy) is 1. The largest absolute Gasteiger partial charge is 0.486 e. The second-order valence-corrected chi connectivity index (χ2v) is 3.84. The highest BCUT2D eigenvalue weighted by Gasteiger charge is 2.12. The first-order valence-corrected chi connectivity index (χ1v) is 5.30. The van der Waals surface area contributed by atoms with Crippen molar-refractivity contribution in [1.82, 2.24) is 5.32 Å². The van der Waals surface area contributed by atoms with Gasteiger partial charge in [-0.05, 0) is 12.1 Å². The van der Waals surface area contributed by atoms with Crippen LogP contribution in [0.3, 0.4) is 0 Å². The molecule has 0 amide bonds. The number of benzene rings is 1. The molecule has 0 radical (unpaired) electrons. The Morgan fingerprint density at radius 2 is 1.94 bits per heavy atom. The molecule has 1 aromatic rings. The Balaban J connectivity index is 2.63. The van der Waals surface area contributed by atoms with Crippen LogP contribution in [0.5, 0.6) is 5.75 Å². The summed E-state index contributed by atoms with van der Waals surface area (Å²) in [5.74, 6) is -2.15. The van der Waals surface area contributed by atoms with Crippen LogP contribution in [-0.4, -0.2) is 19.2 Å². The summed E-state index contributed by atoms with van der Waals surface area (Å²) in [6, 6.07) is 3.86. The van der Waals surface area contributed by atoms with Gasteiger partial charge in [0.15, 0.2) is 17.4 Å². The summed E-state index contributed by atoms with van der Waals surface area (Å²) in [7, 11) is 0. The van der Waals surface area contributed by atoms with E-state index in [1.165, 1.54) is 0 Å². The molecule has 0 spiro atoms. The molecule has 0 saturated heterocycles. The van der Waals surface area contributed by atoms with Crippen LogP contribution in [0.4, 0.5) is 8.78 Å². The molecule has 0 aromatic heterocycles. The van der Waals surface area contributed by atoms with Crippen LogP contribution in [-0.2, 0) is 0 Å². The van der Waals surface area contributed by atoms with Gasteiger partial charge < -0.3 is 10.1 Å². The van der Waals surface area contributed by atoms with Crippen molar-refractivity contribution in [2.24, 2.45) is 0 Å². The van der Waals surface area contributed by atoms with E-state index < -0.39 is 17.4 Å². The molecule has 0 atom stereocenters. The molecule has 0 aliphatic carbocycles. The van der Waals surface area contributed by atoms with Gasteiger partial charge in [0.2, 0.25) is 0 Å². The average Bonchev–Trinajstić information content (AvgIpc) is 2.26. The number of halogens is 2. The highest BCUT2D eigenvalue weighted by Crippen LogP contribution is 2.22. The van der Waals surface area contributed by atoms with Crippen molar-refractivity contribution in [3.8, 4) is 11.8 Å². The molecule has 92 valence electrons. The van der Waals surface area contributed by atoms with Crippen LogP contribution in [0.2, 0.25) is 0 Å². The topological polar surface area (TPSA) is 45.0 Å². The SMILES string of the molecule is CC(C)NCCOc1c(F)cc(C#N)cc1F. The minimum atomic E-state index is -0.855. The van der Waals surface area contributed by atoms with Gasteiger partial charge in [-0.25, -0.2) is 8.78 Å². The second kappa shape index (κ2) is 6.16. The summed E-state index contributed by atoms with van der Waals surface area (Å²) in [5.41, 5.74) is -0.0624. The third kappa shape index (κ3) is 4.00. The predicted octanol–water partition coefficient (Wildman–Crippen LogP) is 2.21. The predicted molar refractivity (Wildman–Crippen MR) is 59.7 cm³/mol. The first-order valence-electron chi connectivity index (χ1n) is 5.30. The highest BCUT2D eigenvalue weighted by molar-refractivity contribution is 5.37. The molecule has 1 N–H and O–H groups in total. The molecule has 0 unspecified atom stereocenters. The van der Waals surface area contributed by atoms with Crippen molar-refractivity contribution in [3.05, 3.63) is 29.3 Å². The molecule has 1 rings (SSSR count). The summed E-state index contributed by atoms with van der Waals surface area (Å²) >= 11 is 0. The van der Waals surface area contributed by atoms with Gasteiger partial charge in [-0.2, -0.15) is 5.26 Å². The lowest BCUT2D eigenvalue weighted by atomic mass is 10.2. The molecular weight excluding hydrogens is 226 g/mol. The van der Waals surface area contributed by atoms with Crippen molar-refractivity contribution >= 4 is 0 Å². The summed E-state index contributed by atoms with van der Waals surface area (Å²) < 4.78 is 31.7. The van der Waals surface area contributed by atoms with E-state index in [1.807, 2.05) is 13.8 Å². The Morgan fingerprint density at radius 3 is 2.41 bits per heavy atom. The Morgan fingerprint density at radius 1 is 1.35 bits per heavy atom. The van der Waals surface area contributed by atoms with E-state index in [-0.39, 0.29) is 18.2 Å². The van der Waals surface area contributed by atoms with Crippen molar-refractivity contribution in [1.29, 1.82) is 5.26 Å². The van der Waals surface area contributed by atoms with Crippen molar-refractivity contribution in [2.75, 3.05) is 13.2 Å². The van der Waals surface area contributed by atoms with E-state index in [9.17, 15) is 8.78 Å². The van der Waals surface area contributed by atoms with Crippen LogP contribution in [0.1, 0.15) is 19.4 Å². The minimum absolute atomic E-state index is 0.0624. The summed E-state index contributed by atoms with van der Waals surface area (Å²) in [5, 5.41) is 11.6. The van der Waals surface area contributed by atoms with Gasteiger partial charge in [0.1, 0.15) is 6.61 Å². The first kappa shape index (κ1) is 13.4. The Labute approximate surface area is 99.0 Å². The monoisotopic (exact) mass is 240 g/mol. The molecule has 0 heterocycles. The number of nitriles is 1. The molecule has 17 heavy (non-hydrogen) atoms. The molecule has 5 heteroatoms. The van der Waals surface area contributed by atoms with E-state index in [4.69, 9.17) is 10.00 Å². The number of hydrogen-bond acceptors (Lipinski definition) is 3. The maximum Gasteiger partial charge on any atom is 0.190 e. The van der Waals surface area contributed by atoms with E-state index >= 15 is 0 Å². The second-order valence-electron chi connectivity index (χ2n) is 3.84. The zero-order valence-electron chi connectivity index (χ0n) is 9.76. The quantitative estimate of drug-likeness (QED) is 0.802. The fourth-order valence-electron chi connectivity index (χ4n) is 1.26. The zero-order chi connectivity index (χ0) is 12.8. The molecule has 0 bridgehead atoms. The highest BCUT2D eigenvalue weighted by atomic mass is 19.1. The fraction of sp³-hybridized carbons (Fsp3) is 0.417. The molecular formula is C12H14F2N2O. The lowest BCUT2D eigenvalue weighted by Crippen LogP contribution is -2.27. The van der Waals surface area contributed by atoms with Gasteiger partial charge in [0, 0.05) is 12.6 Å². The number of hydrogen-bond donors (Lipinski definition) is 1. The minimum Gasteiger partial charge on any atom is -0.486 e. The van der Waals surface area contributed by atoms with Crippen molar-refractivity contribution in [2.45, 2.75) is 19.9 Å². The van der Waals surface area contributed by atoms with Gasteiger partial charge in [-0.15, -0.1) is 0 Å². The number of nitrogens with zero attached hydrogens (tertiary/aromatic N) is 1.